The van der Waals surface area contributed by atoms with E-state index in [9.17, 15) is 0 Å². The molecule has 69 heavy (non-hydrogen) atoms. The molecule has 0 saturated heterocycles. The third-order valence-electron chi connectivity index (χ3n) is 12.2. The van der Waals surface area contributed by atoms with Gasteiger partial charge in [-0.1, -0.05) is 180 Å². The molecular weight excluding hydrogens is 1020 g/mol. The second kappa shape index (κ2) is 18.0. The summed E-state index contributed by atoms with van der Waals surface area (Å²) in [6.07, 6.45) is 4.92. The number of nitrogens with zero attached hydrogens (tertiary/aromatic N) is 4. The van der Waals surface area contributed by atoms with Gasteiger partial charge in [-0.15, -0.1) is 29.7 Å². The van der Waals surface area contributed by atoms with Crippen LogP contribution in [0.4, 0.5) is 0 Å². The average Bonchev–Trinajstić information content (AvgIpc) is 4.20. The second-order valence-corrected chi connectivity index (χ2v) is 18.8. The number of benzene rings is 8. The van der Waals surface area contributed by atoms with Gasteiger partial charge in [-0.3, -0.25) is 4.57 Å². The summed E-state index contributed by atoms with van der Waals surface area (Å²) < 4.78 is 124. The van der Waals surface area contributed by atoms with Crippen molar-refractivity contribution in [1.29, 1.82) is 0 Å². The molecular formula is C63H52N4OPt-2. The SMILES string of the molecule is [2H]c1c([2H])c([2H])c(-c2cc(-c3cccc(C(C)(C)C)c3)c(-[n+]3[c-]n(-c4[c-]c(Oc5[c-]c6c(cc5)c5ccccc5n6-c5cc(C([2H])([2H])[2H])c(-c6c([2H])c([2H])c([2H])c([2H])c6[2H])cn5)ccc4)c4ccccc43)c(C(C)(C)C)c2)c([2H])c1[2H].[Pt]. The average molecular weight is 1090 g/mol. The van der Waals surface area contributed by atoms with E-state index in [-0.39, 0.29) is 66.6 Å². The molecule has 3 aromatic heterocycles. The molecule has 0 spiro atoms. The largest absolute Gasteiger partial charge is 0.510 e. The van der Waals surface area contributed by atoms with Crippen molar-refractivity contribution >= 4 is 32.8 Å². The summed E-state index contributed by atoms with van der Waals surface area (Å²) in [4.78, 5) is 4.70. The van der Waals surface area contributed by atoms with Gasteiger partial charge in [0.1, 0.15) is 5.82 Å². The van der Waals surface area contributed by atoms with Crippen molar-refractivity contribution in [1.82, 2.24) is 14.1 Å². The number of rotatable bonds is 8. The van der Waals surface area contributed by atoms with Crippen LogP contribution in [-0.4, -0.2) is 14.1 Å². The molecule has 0 fully saturated rings. The molecule has 6 heteroatoms. The Morgan fingerprint density at radius 2 is 1.32 bits per heavy atom. The van der Waals surface area contributed by atoms with Crippen molar-refractivity contribution in [3.8, 4) is 62.1 Å². The molecule has 3 heterocycles. The summed E-state index contributed by atoms with van der Waals surface area (Å²) >= 11 is 0. The fraction of sp³-hybridized carbons (Fsp3) is 0.143. The van der Waals surface area contributed by atoms with Gasteiger partial charge in [0.2, 0.25) is 0 Å². The number of ether oxygens (including phenoxy) is 1. The molecule has 0 bridgehead atoms. The molecule has 342 valence electrons. The number of para-hydroxylation sites is 3. The first kappa shape index (κ1) is 32.4. The smallest absolute Gasteiger partial charge is 0.268 e. The molecule has 0 aliphatic carbocycles. The van der Waals surface area contributed by atoms with Gasteiger partial charge in [-0.2, -0.15) is 18.2 Å². The minimum Gasteiger partial charge on any atom is -0.510 e. The number of imidazole rings is 1. The Bertz CT molecular complexity index is 4360. The summed E-state index contributed by atoms with van der Waals surface area (Å²) in [5, 5.41) is 1.59. The quantitative estimate of drug-likeness (QED) is 0.112. The number of aryl methyl sites for hydroxylation is 1. The van der Waals surface area contributed by atoms with Gasteiger partial charge in [-0.25, -0.2) is 4.98 Å². The van der Waals surface area contributed by atoms with E-state index in [4.69, 9.17) is 27.5 Å². The summed E-state index contributed by atoms with van der Waals surface area (Å²) in [5.74, 6) is 0.837. The van der Waals surface area contributed by atoms with Gasteiger partial charge in [0, 0.05) is 54.0 Å². The number of hydrogen-bond acceptors (Lipinski definition) is 2. The van der Waals surface area contributed by atoms with Crippen LogP contribution in [0.1, 0.15) is 76.1 Å². The molecule has 0 saturated carbocycles. The molecule has 0 N–H and O–H groups in total. The first-order valence-electron chi connectivity index (χ1n) is 28.8. The zero-order valence-corrected chi connectivity index (χ0v) is 40.9. The Morgan fingerprint density at radius 1 is 0.609 bits per heavy atom. The van der Waals surface area contributed by atoms with E-state index in [2.05, 4.69) is 72.1 Å². The summed E-state index contributed by atoms with van der Waals surface area (Å²) in [6.45, 7) is 9.92. The van der Waals surface area contributed by atoms with E-state index >= 15 is 0 Å². The number of pyridine rings is 1. The van der Waals surface area contributed by atoms with E-state index in [1.165, 1.54) is 12.3 Å². The molecule has 11 aromatic rings. The minimum atomic E-state index is -2.79. The fourth-order valence-electron chi connectivity index (χ4n) is 8.83. The topological polar surface area (TPSA) is 35.9 Å². The van der Waals surface area contributed by atoms with Crippen molar-refractivity contribution in [3.63, 3.8) is 0 Å². The van der Waals surface area contributed by atoms with Crippen LogP contribution in [0.25, 0.3) is 83.4 Å². The van der Waals surface area contributed by atoms with Gasteiger partial charge >= 0.3 is 0 Å². The van der Waals surface area contributed by atoms with E-state index in [0.717, 1.165) is 49.7 Å². The third kappa shape index (κ3) is 8.51. The van der Waals surface area contributed by atoms with Crippen molar-refractivity contribution in [2.75, 3.05) is 0 Å². The van der Waals surface area contributed by atoms with Gasteiger partial charge in [0.05, 0.1) is 30.4 Å². The van der Waals surface area contributed by atoms with Crippen LogP contribution in [0.15, 0.2) is 188 Å². The number of fused-ring (bicyclic) bond motifs is 4. The first-order valence-corrected chi connectivity index (χ1v) is 22.3. The van der Waals surface area contributed by atoms with Gasteiger partial charge in [0.15, 0.2) is 0 Å². The molecule has 0 aliphatic heterocycles. The van der Waals surface area contributed by atoms with Crippen LogP contribution < -0.4 is 9.30 Å². The maximum Gasteiger partial charge on any atom is 0.268 e. The van der Waals surface area contributed by atoms with Crippen LogP contribution >= 0.6 is 0 Å². The number of aromatic nitrogens is 4. The molecule has 11 rings (SSSR count). The van der Waals surface area contributed by atoms with E-state index in [1.54, 1.807) is 16.7 Å². The first-order chi connectivity index (χ1) is 38.2. The zero-order chi connectivity index (χ0) is 57.9. The predicted octanol–water partition coefficient (Wildman–Crippen LogP) is 15.5. The Morgan fingerprint density at radius 3 is 2.07 bits per heavy atom. The van der Waals surface area contributed by atoms with Gasteiger partial charge in [-0.05, 0) is 91.5 Å². The molecule has 0 radical (unpaired) electrons. The van der Waals surface area contributed by atoms with Crippen molar-refractivity contribution in [2.45, 2.75) is 59.2 Å². The van der Waals surface area contributed by atoms with E-state index < -0.39 is 60.6 Å². The predicted molar refractivity (Wildman–Crippen MR) is 278 cm³/mol. The zero-order valence-electron chi connectivity index (χ0n) is 51.6. The van der Waals surface area contributed by atoms with Gasteiger partial charge < -0.3 is 13.9 Å². The third-order valence-corrected chi connectivity index (χ3v) is 12.2. The monoisotopic (exact) mass is 1090 g/mol. The summed E-state index contributed by atoms with van der Waals surface area (Å²) in [7, 11) is 0. The van der Waals surface area contributed by atoms with Crippen LogP contribution in [0.5, 0.6) is 11.5 Å². The van der Waals surface area contributed by atoms with Crippen LogP contribution in [0.2, 0.25) is 0 Å². The minimum absolute atomic E-state index is 0. The summed E-state index contributed by atoms with van der Waals surface area (Å²) in [6, 6.07) is 40.3. The summed E-state index contributed by atoms with van der Waals surface area (Å²) in [5.41, 5.74) is 6.88. The molecule has 0 aliphatic rings. The molecule has 5 nitrogen and oxygen atoms in total. The Kier molecular flexibility index (Phi) is 8.44. The van der Waals surface area contributed by atoms with E-state index in [1.807, 2.05) is 100 Å². The van der Waals surface area contributed by atoms with Gasteiger partial charge in [0.25, 0.3) is 6.33 Å². The molecule has 0 amide bonds. The van der Waals surface area contributed by atoms with Crippen molar-refractivity contribution < 1.29 is 48.2 Å². The standard InChI is InChI=1S/C63H52N4O.Pt/c1-42-34-60(64-40-54(42)44-22-12-9-13-23-44)67-56-29-15-14-28-51(56)52-33-32-50(39-59(52)67)68-49-27-19-26-48(38-49)65-41-66(58-31-17-16-30-57(58)65)61-53(45-24-18-25-47(35-45)62(2,3)4)36-46(37-55(61)63(5,6)7)43-20-10-8-11-21-43;/h8-37,40H,1-7H3;/q-2;/i1D3,8D,9D,10D,11D,12D,13D,20D,21D,22D,23D;. The Hall–Kier alpha value is -7.33. The molecule has 0 unspecified atom stereocenters. The van der Waals surface area contributed by atoms with Crippen LogP contribution in [0, 0.1) is 25.3 Å². The van der Waals surface area contributed by atoms with Crippen LogP contribution in [-0.2, 0) is 31.9 Å². The second-order valence-electron chi connectivity index (χ2n) is 18.8. The van der Waals surface area contributed by atoms with Crippen molar-refractivity contribution in [3.05, 3.63) is 223 Å². The number of hydrogen-bond donors (Lipinski definition) is 0. The normalized spacial score (nSPS) is 14.7. The fourth-order valence-corrected chi connectivity index (χ4v) is 8.83. The molecule has 0 atom stereocenters. The van der Waals surface area contributed by atoms with Crippen molar-refractivity contribution in [2.24, 2.45) is 0 Å². The van der Waals surface area contributed by atoms with E-state index in [0.29, 0.717) is 33.8 Å². The maximum absolute atomic E-state index is 9.04. The van der Waals surface area contributed by atoms with Crippen LogP contribution in [0.3, 0.4) is 0 Å². The Labute approximate surface area is 437 Å². The molecule has 8 aromatic carbocycles. The Balaban J connectivity index is 0.00000753. The maximum atomic E-state index is 9.04.